The van der Waals surface area contributed by atoms with Gasteiger partial charge in [0.25, 0.3) is 0 Å². The van der Waals surface area contributed by atoms with Gasteiger partial charge in [-0.25, -0.2) is 4.79 Å². The van der Waals surface area contributed by atoms with Gasteiger partial charge in [0, 0.05) is 26.2 Å². The summed E-state index contributed by atoms with van der Waals surface area (Å²) in [7, 11) is 1.69. The van der Waals surface area contributed by atoms with Crippen LogP contribution in [0.5, 0.6) is 0 Å². The summed E-state index contributed by atoms with van der Waals surface area (Å²) in [5.41, 5.74) is 0. The monoisotopic (exact) mass is 284 g/mol. The van der Waals surface area contributed by atoms with Gasteiger partial charge >= 0.3 is 12.0 Å². The van der Waals surface area contributed by atoms with Crippen molar-refractivity contribution >= 4 is 12.0 Å². The summed E-state index contributed by atoms with van der Waals surface area (Å²) >= 11 is 0. The number of piperidine rings is 1. The summed E-state index contributed by atoms with van der Waals surface area (Å²) < 4.78 is 5.30. The summed E-state index contributed by atoms with van der Waals surface area (Å²) in [6.45, 7) is 1.12. The van der Waals surface area contributed by atoms with Crippen molar-refractivity contribution in [2.75, 3.05) is 26.7 Å². The maximum absolute atomic E-state index is 12.6. The molecule has 1 saturated carbocycles. The second kappa shape index (κ2) is 6.92. The minimum atomic E-state index is -0.933. The lowest BCUT2D eigenvalue weighted by Gasteiger charge is -2.37. The van der Waals surface area contributed by atoms with Crippen LogP contribution in [0.1, 0.15) is 38.5 Å². The first-order chi connectivity index (χ1) is 9.61. The van der Waals surface area contributed by atoms with E-state index >= 15 is 0 Å². The fourth-order valence-electron chi connectivity index (χ4n) is 3.18. The van der Waals surface area contributed by atoms with Gasteiger partial charge in [0.15, 0.2) is 0 Å². The SMILES string of the molecule is COC1CCN(C(=O)N(CC(=O)O)C2CCCC2)CC1. The standard InChI is InChI=1S/C14H24N2O4/c1-20-12-6-8-15(9-7-12)14(19)16(10-13(17)18)11-4-2-3-5-11/h11-12H,2-10H2,1H3,(H,17,18). The number of nitrogens with zero attached hydrogens (tertiary/aromatic N) is 2. The van der Waals surface area contributed by atoms with Crippen LogP contribution in [0.25, 0.3) is 0 Å². The number of carboxylic acids is 1. The molecule has 2 amide bonds. The molecule has 0 radical (unpaired) electrons. The molecular weight excluding hydrogens is 260 g/mol. The van der Waals surface area contributed by atoms with E-state index in [9.17, 15) is 9.59 Å². The lowest BCUT2D eigenvalue weighted by molar-refractivity contribution is -0.138. The van der Waals surface area contributed by atoms with Gasteiger partial charge in [-0.05, 0) is 25.7 Å². The van der Waals surface area contributed by atoms with E-state index in [1.165, 1.54) is 0 Å². The van der Waals surface area contributed by atoms with E-state index in [2.05, 4.69) is 0 Å². The summed E-state index contributed by atoms with van der Waals surface area (Å²) in [6.07, 6.45) is 5.89. The van der Waals surface area contributed by atoms with Gasteiger partial charge in [0.05, 0.1) is 6.10 Å². The number of urea groups is 1. The van der Waals surface area contributed by atoms with Crippen molar-refractivity contribution < 1.29 is 19.4 Å². The summed E-state index contributed by atoms with van der Waals surface area (Å²) in [5.74, 6) is -0.933. The van der Waals surface area contributed by atoms with E-state index in [0.717, 1.165) is 38.5 Å². The number of ether oxygens (including phenoxy) is 1. The molecule has 6 nitrogen and oxygen atoms in total. The Morgan fingerprint density at radius 3 is 2.30 bits per heavy atom. The number of carbonyl (C=O) groups excluding carboxylic acids is 1. The fourth-order valence-corrected chi connectivity index (χ4v) is 3.18. The van der Waals surface area contributed by atoms with E-state index in [1.807, 2.05) is 0 Å². The molecule has 0 spiro atoms. The average molecular weight is 284 g/mol. The van der Waals surface area contributed by atoms with Crippen LogP contribution in [0.3, 0.4) is 0 Å². The topological polar surface area (TPSA) is 70.1 Å². The number of hydrogen-bond donors (Lipinski definition) is 1. The zero-order valence-electron chi connectivity index (χ0n) is 12.1. The molecule has 0 aromatic heterocycles. The Balaban J connectivity index is 1.97. The molecule has 0 bridgehead atoms. The van der Waals surface area contributed by atoms with Crippen LogP contribution in [0.2, 0.25) is 0 Å². The van der Waals surface area contributed by atoms with Gasteiger partial charge < -0.3 is 19.6 Å². The molecule has 2 rings (SSSR count). The van der Waals surface area contributed by atoms with E-state index in [0.29, 0.717) is 13.1 Å². The predicted molar refractivity (Wildman–Crippen MR) is 73.6 cm³/mol. The largest absolute Gasteiger partial charge is 0.480 e. The Kier molecular flexibility index (Phi) is 5.23. The third-order valence-corrected chi connectivity index (χ3v) is 4.36. The van der Waals surface area contributed by atoms with Gasteiger partial charge in [0.1, 0.15) is 6.54 Å². The van der Waals surface area contributed by atoms with Crippen LogP contribution >= 0.6 is 0 Å². The molecule has 2 fully saturated rings. The molecular formula is C14H24N2O4. The maximum atomic E-state index is 12.6. The molecule has 114 valence electrons. The highest BCUT2D eigenvalue weighted by molar-refractivity contribution is 5.80. The molecule has 1 N–H and O–H groups in total. The number of carbonyl (C=O) groups is 2. The van der Waals surface area contributed by atoms with E-state index in [-0.39, 0.29) is 24.7 Å². The Labute approximate surface area is 119 Å². The minimum absolute atomic E-state index is 0.0961. The van der Waals surface area contributed by atoms with E-state index in [1.54, 1.807) is 16.9 Å². The molecule has 0 aromatic rings. The number of methoxy groups -OCH3 is 1. The van der Waals surface area contributed by atoms with Crippen LogP contribution in [0, 0.1) is 0 Å². The third kappa shape index (κ3) is 3.62. The van der Waals surface area contributed by atoms with Gasteiger partial charge in [0.2, 0.25) is 0 Å². The Hall–Kier alpha value is -1.30. The Morgan fingerprint density at radius 2 is 1.80 bits per heavy atom. The average Bonchev–Trinajstić information content (AvgIpc) is 2.98. The summed E-state index contributed by atoms with van der Waals surface area (Å²) in [6, 6.07) is -0.0207. The number of carboxylic acid groups (broad SMARTS) is 1. The van der Waals surface area contributed by atoms with Crippen molar-refractivity contribution in [3.63, 3.8) is 0 Å². The van der Waals surface area contributed by atoms with Crippen molar-refractivity contribution in [2.24, 2.45) is 0 Å². The first-order valence-electron chi connectivity index (χ1n) is 7.42. The zero-order chi connectivity index (χ0) is 14.5. The first-order valence-corrected chi connectivity index (χ1v) is 7.42. The number of aliphatic carboxylic acids is 1. The van der Waals surface area contributed by atoms with Crippen LogP contribution in [0.4, 0.5) is 4.79 Å². The quantitative estimate of drug-likeness (QED) is 0.850. The molecule has 0 unspecified atom stereocenters. The summed E-state index contributed by atoms with van der Waals surface area (Å²) in [5, 5.41) is 9.04. The highest BCUT2D eigenvalue weighted by atomic mass is 16.5. The van der Waals surface area contributed by atoms with Crippen molar-refractivity contribution in [3.8, 4) is 0 Å². The molecule has 1 heterocycles. The van der Waals surface area contributed by atoms with Crippen LogP contribution in [0.15, 0.2) is 0 Å². The number of rotatable bonds is 4. The molecule has 0 atom stereocenters. The van der Waals surface area contributed by atoms with Crippen molar-refractivity contribution in [3.05, 3.63) is 0 Å². The molecule has 1 saturated heterocycles. The van der Waals surface area contributed by atoms with Crippen LogP contribution in [-0.2, 0) is 9.53 Å². The molecule has 20 heavy (non-hydrogen) atoms. The van der Waals surface area contributed by atoms with Gasteiger partial charge in [-0.2, -0.15) is 0 Å². The van der Waals surface area contributed by atoms with Gasteiger partial charge in [-0.15, -0.1) is 0 Å². The Bertz CT molecular complexity index is 347. The minimum Gasteiger partial charge on any atom is -0.480 e. The Morgan fingerprint density at radius 1 is 1.20 bits per heavy atom. The van der Waals surface area contributed by atoms with Gasteiger partial charge in [-0.1, -0.05) is 12.8 Å². The van der Waals surface area contributed by atoms with E-state index in [4.69, 9.17) is 9.84 Å². The van der Waals surface area contributed by atoms with Gasteiger partial charge in [-0.3, -0.25) is 4.79 Å². The second-order valence-electron chi connectivity index (χ2n) is 5.66. The predicted octanol–water partition coefficient (Wildman–Crippen LogP) is 1.55. The fraction of sp³-hybridized carbons (Fsp3) is 0.857. The molecule has 1 aliphatic heterocycles. The van der Waals surface area contributed by atoms with Crippen LogP contribution < -0.4 is 0 Å². The van der Waals surface area contributed by atoms with Crippen molar-refractivity contribution in [1.82, 2.24) is 9.80 Å². The number of amides is 2. The lowest BCUT2D eigenvalue weighted by Crippen LogP contribution is -2.52. The maximum Gasteiger partial charge on any atom is 0.323 e. The molecule has 2 aliphatic rings. The molecule has 6 heteroatoms. The highest BCUT2D eigenvalue weighted by Crippen LogP contribution is 2.25. The van der Waals surface area contributed by atoms with Crippen molar-refractivity contribution in [2.45, 2.75) is 50.7 Å². The second-order valence-corrected chi connectivity index (χ2v) is 5.66. The van der Waals surface area contributed by atoms with Crippen molar-refractivity contribution in [1.29, 1.82) is 0 Å². The van der Waals surface area contributed by atoms with E-state index < -0.39 is 5.97 Å². The zero-order valence-corrected chi connectivity index (χ0v) is 12.1. The number of hydrogen-bond acceptors (Lipinski definition) is 3. The lowest BCUT2D eigenvalue weighted by atomic mass is 10.1. The smallest absolute Gasteiger partial charge is 0.323 e. The molecule has 0 aromatic carbocycles. The van der Waals surface area contributed by atoms with Crippen LogP contribution in [-0.4, -0.2) is 65.8 Å². The first kappa shape index (κ1) is 15.1. The normalized spacial score (nSPS) is 21.1. The highest BCUT2D eigenvalue weighted by Gasteiger charge is 2.32. The summed E-state index contributed by atoms with van der Waals surface area (Å²) in [4.78, 5) is 26.9. The number of likely N-dealkylation sites (tertiary alicyclic amines) is 1. The molecule has 1 aliphatic carbocycles. The third-order valence-electron chi connectivity index (χ3n) is 4.36.